The summed E-state index contributed by atoms with van der Waals surface area (Å²) in [4.78, 5) is 28.5. The first-order valence-corrected chi connectivity index (χ1v) is 9.14. The maximum Gasteiger partial charge on any atom is 0.247 e. The van der Waals surface area contributed by atoms with E-state index in [2.05, 4.69) is 15.6 Å². The molecule has 1 fully saturated rings. The number of nitrogens with one attached hydrogen (secondary N) is 2. The standard InChI is InChI=1S/C20H26N4O2/c1-13-14(2)24(12-21-13)18-10-8-17(9-11-18)23-20(26)19(22-15(3)25)16-6-4-5-7-16/h8-12,16,19H,4-7H2,1-3H3,(H,22,25)(H,23,26). The second-order valence-electron chi connectivity index (χ2n) is 7.04. The molecule has 138 valence electrons. The van der Waals surface area contributed by atoms with Crippen LogP contribution in [0.3, 0.4) is 0 Å². The Morgan fingerprint density at radius 1 is 1.15 bits per heavy atom. The van der Waals surface area contributed by atoms with Crippen molar-refractivity contribution in [2.45, 2.75) is 52.5 Å². The lowest BCUT2D eigenvalue weighted by Gasteiger charge is -2.23. The number of nitrogens with zero attached hydrogens (tertiary/aromatic N) is 2. The summed E-state index contributed by atoms with van der Waals surface area (Å²) in [7, 11) is 0. The molecule has 1 aromatic heterocycles. The van der Waals surface area contributed by atoms with Gasteiger partial charge in [-0.2, -0.15) is 0 Å². The lowest BCUT2D eigenvalue weighted by Crippen LogP contribution is -2.47. The van der Waals surface area contributed by atoms with Crippen LogP contribution >= 0.6 is 0 Å². The number of benzene rings is 1. The fourth-order valence-corrected chi connectivity index (χ4v) is 3.59. The van der Waals surface area contributed by atoms with Gasteiger partial charge in [0.15, 0.2) is 0 Å². The van der Waals surface area contributed by atoms with Gasteiger partial charge in [0.25, 0.3) is 0 Å². The fraction of sp³-hybridized carbons (Fsp3) is 0.450. The van der Waals surface area contributed by atoms with E-state index >= 15 is 0 Å². The summed E-state index contributed by atoms with van der Waals surface area (Å²) in [6.07, 6.45) is 6.00. The summed E-state index contributed by atoms with van der Waals surface area (Å²) in [5.74, 6) is -0.0948. The highest BCUT2D eigenvalue weighted by Gasteiger charge is 2.31. The Hall–Kier alpha value is -2.63. The molecule has 6 nitrogen and oxygen atoms in total. The Morgan fingerprint density at radius 3 is 2.35 bits per heavy atom. The van der Waals surface area contributed by atoms with E-state index in [1.165, 1.54) is 6.92 Å². The van der Waals surface area contributed by atoms with Gasteiger partial charge in [0.1, 0.15) is 6.04 Å². The van der Waals surface area contributed by atoms with E-state index in [9.17, 15) is 9.59 Å². The van der Waals surface area contributed by atoms with Crippen LogP contribution in [0.2, 0.25) is 0 Å². The van der Waals surface area contributed by atoms with Gasteiger partial charge in [0.05, 0.1) is 12.0 Å². The van der Waals surface area contributed by atoms with Crippen molar-refractivity contribution in [2.24, 2.45) is 5.92 Å². The lowest BCUT2D eigenvalue weighted by molar-refractivity contribution is -0.126. The van der Waals surface area contributed by atoms with E-state index < -0.39 is 6.04 Å². The van der Waals surface area contributed by atoms with Crippen molar-refractivity contribution in [3.63, 3.8) is 0 Å². The largest absolute Gasteiger partial charge is 0.344 e. The molecular formula is C20H26N4O2. The van der Waals surface area contributed by atoms with Gasteiger partial charge in [-0.05, 0) is 56.9 Å². The normalized spacial score (nSPS) is 15.7. The highest BCUT2D eigenvalue weighted by atomic mass is 16.2. The minimum atomic E-state index is -0.465. The van der Waals surface area contributed by atoms with Crippen molar-refractivity contribution in [1.29, 1.82) is 0 Å². The van der Waals surface area contributed by atoms with Crippen LogP contribution in [-0.4, -0.2) is 27.4 Å². The molecule has 1 unspecified atom stereocenters. The summed E-state index contributed by atoms with van der Waals surface area (Å²) in [6, 6.07) is 7.19. The average molecular weight is 354 g/mol. The zero-order chi connectivity index (χ0) is 18.7. The molecule has 2 amide bonds. The number of carbonyl (C=O) groups is 2. The van der Waals surface area contributed by atoms with Gasteiger partial charge < -0.3 is 15.2 Å². The van der Waals surface area contributed by atoms with Gasteiger partial charge in [-0.15, -0.1) is 0 Å². The Morgan fingerprint density at radius 2 is 1.81 bits per heavy atom. The van der Waals surface area contributed by atoms with E-state index in [4.69, 9.17) is 0 Å². The molecule has 6 heteroatoms. The molecule has 0 radical (unpaired) electrons. The quantitative estimate of drug-likeness (QED) is 0.866. The molecule has 26 heavy (non-hydrogen) atoms. The molecule has 0 spiro atoms. The van der Waals surface area contributed by atoms with E-state index in [1.807, 2.05) is 42.7 Å². The van der Waals surface area contributed by atoms with E-state index in [0.29, 0.717) is 0 Å². The van der Waals surface area contributed by atoms with Crippen molar-refractivity contribution >= 4 is 17.5 Å². The van der Waals surface area contributed by atoms with Gasteiger partial charge in [0.2, 0.25) is 11.8 Å². The molecule has 0 bridgehead atoms. The topological polar surface area (TPSA) is 76.0 Å². The second-order valence-corrected chi connectivity index (χ2v) is 7.04. The number of hydrogen-bond acceptors (Lipinski definition) is 3. The van der Waals surface area contributed by atoms with Crippen LogP contribution in [0, 0.1) is 19.8 Å². The number of anilines is 1. The first kappa shape index (κ1) is 18.2. The molecule has 1 aliphatic rings. The van der Waals surface area contributed by atoms with Gasteiger partial charge in [-0.3, -0.25) is 9.59 Å². The molecular weight excluding hydrogens is 328 g/mol. The molecule has 2 aromatic rings. The third-order valence-corrected chi connectivity index (χ3v) is 5.18. The minimum Gasteiger partial charge on any atom is -0.344 e. The van der Waals surface area contributed by atoms with Crippen molar-refractivity contribution in [2.75, 3.05) is 5.32 Å². The predicted molar refractivity (Wildman–Crippen MR) is 101 cm³/mol. The minimum absolute atomic E-state index is 0.144. The zero-order valence-electron chi connectivity index (χ0n) is 15.6. The maximum atomic E-state index is 12.7. The van der Waals surface area contributed by atoms with E-state index in [-0.39, 0.29) is 17.7 Å². The summed E-state index contributed by atoms with van der Waals surface area (Å²) < 4.78 is 2.01. The Bertz CT molecular complexity index is 789. The second kappa shape index (κ2) is 7.72. The number of amides is 2. The third kappa shape index (κ3) is 3.95. The smallest absolute Gasteiger partial charge is 0.247 e. The lowest BCUT2D eigenvalue weighted by atomic mass is 9.97. The number of aromatic nitrogens is 2. The van der Waals surface area contributed by atoms with Gasteiger partial charge in [-0.25, -0.2) is 4.98 Å². The third-order valence-electron chi connectivity index (χ3n) is 5.18. The summed E-state index contributed by atoms with van der Waals surface area (Å²) in [6.45, 7) is 5.46. The molecule has 1 aromatic carbocycles. The van der Waals surface area contributed by atoms with Gasteiger partial charge in [-0.1, -0.05) is 12.8 Å². The number of hydrogen-bond donors (Lipinski definition) is 2. The van der Waals surface area contributed by atoms with Crippen LogP contribution in [0.15, 0.2) is 30.6 Å². The predicted octanol–water partition coefficient (Wildman–Crippen LogP) is 3.12. The van der Waals surface area contributed by atoms with Crippen LogP contribution in [-0.2, 0) is 9.59 Å². The van der Waals surface area contributed by atoms with Gasteiger partial charge in [0, 0.05) is 24.0 Å². The van der Waals surface area contributed by atoms with Crippen LogP contribution in [0.25, 0.3) is 5.69 Å². The number of carbonyl (C=O) groups excluding carboxylic acids is 2. The monoisotopic (exact) mass is 354 g/mol. The molecule has 2 N–H and O–H groups in total. The maximum absolute atomic E-state index is 12.7. The van der Waals surface area contributed by atoms with Crippen molar-refractivity contribution in [1.82, 2.24) is 14.9 Å². The molecule has 0 saturated heterocycles. The number of imidazole rings is 1. The Kier molecular flexibility index (Phi) is 5.40. The van der Waals surface area contributed by atoms with Crippen molar-refractivity contribution < 1.29 is 9.59 Å². The van der Waals surface area contributed by atoms with Gasteiger partial charge >= 0.3 is 0 Å². The first-order chi connectivity index (χ1) is 12.5. The fourth-order valence-electron chi connectivity index (χ4n) is 3.59. The first-order valence-electron chi connectivity index (χ1n) is 9.14. The van der Waals surface area contributed by atoms with Crippen LogP contribution in [0.5, 0.6) is 0 Å². The van der Waals surface area contributed by atoms with Crippen molar-refractivity contribution in [3.8, 4) is 5.69 Å². The van der Waals surface area contributed by atoms with Crippen LogP contribution < -0.4 is 10.6 Å². The summed E-state index contributed by atoms with van der Waals surface area (Å²) >= 11 is 0. The molecule has 3 rings (SSSR count). The molecule has 1 atom stereocenters. The Balaban J connectivity index is 1.71. The van der Waals surface area contributed by atoms with Crippen LogP contribution in [0.1, 0.15) is 44.0 Å². The highest BCUT2D eigenvalue weighted by Crippen LogP contribution is 2.28. The zero-order valence-corrected chi connectivity index (χ0v) is 15.6. The van der Waals surface area contributed by atoms with Crippen molar-refractivity contribution in [3.05, 3.63) is 42.0 Å². The number of aryl methyl sites for hydroxylation is 1. The number of rotatable bonds is 5. The summed E-state index contributed by atoms with van der Waals surface area (Å²) in [5, 5.41) is 5.77. The van der Waals surface area contributed by atoms with E-state index in [0.717, 1.165) is 48.4 Å². The molecule has 0 aliphatic heterocycles. The molecule has 1 saturated carbocycles. The highest BCUT2D eigenvalue weighted by molar-refractivity contribution is 5.97. The SMILES string of the molecule is CC(=O)NC(C(=O)Nc1ccc(-n2cnc(C)c2C)cc1)C1CCCC1. The molecule has 1 heterocycles. The van der Waals surface area contributed by atoms with E-state index in [1.54, 1.807) is 6.33 Å². The van der Waals surface area contributed by atoms with Crippen LogP contribution in [0.4, 0.5) is 5.69 Å². The average Bonchev–Trinajstić information content (AvgIpc) is 3.25. The summed E-state index contributed by atoms with van der Waals surface area (Å²) in [5.41, 5.74) is 3.81. The Labute approximate surface area is 154 Å². The molecule has 1 aliphatic carbocycles.